The maximum Gasteiger partial charge on any atom is 0.287 e. The van der Waals surface area contributed by atoms with Crippen molar-refractivity contribution < 1.29 is 16.8 Å². The molecule has 3 rings (SSSR count). The molecule has 1 heterocycles. The highest BCUT2D eigenvalue weighted by atomic mass is 35.5. The van der Waals surface area contributed by atoms with Crippen LogP contribution in [0.4, 0.5) is 0 Å². The number of sulfonamides is 1. The van der Waals surface area contributed by atoms with E-state index >= 15 is 0 Å². The summed E-state index contributed by atoms with van der Waals surface area (Å²) in [5, 5.41) is 0.829. The smallest absolute Gasteiger partial charge is 0.222 e. The van der Waals surface area contributed by atoms with Crippen LogP contribution in [0.25, 0.3) is 0 Å². The molecule has 1 aliphatic heterocycles. The van der Waals surface area contributed by atoms with Crippen LogP contribution in [0.2, 0.25) is 10.0 Å². The molecular weight excluding hydrogens is 473 g/mol. The zero-order chi connectivity index (χ0) is 21.4. The van der Waals surface area contributed by atoms with E-state index in [-0.39, 0.29) is 22.0 Å². The number of hydrogen-bond acceptors (Lipinski definition) is 4. The average molecular weight is 492 g/mol. The van der Waals surface area contributed by atoms with Crippen molar-refractivity contribution in [2.75, 3.05) is 5.75 Å². The SMILES string of the molecule is CC1=C(C)CS(=NS(=O)(=O)c2ccc(Cl)cc2)C(S(=O)(=O)c2ccc(Cl)cc2)C1. The van der Waals surface area contributed by atoms with E-state index in [4.69, 9.17) is 23.2 Å². The van der Waals surface area contributed by atoms with Crippen LogP contribution in [-0.2, 0) is 30.6 Å². The van der Waals surface area contributed by atoms with Gasteiger partial charge in [-0.2, -0.15) is 8.42 Å². The van der Waals surface area contributed by atoms with Gasteiger partial charge in [-0.3, -0.25) is 0 Å². The van der Waals surface area contributed by atoms with Crippen LogP contribution in [0.1, 0.15) is 20.3 Å². The summed E-state index contributed by atoms with van der Waals surface area (Å²) in [5.41, 5.74) is 1.90. The Morgan fingerprint density at radius 1 is 0.828 bits per heavy atom. The topological polar surface area (TPSA) is 80.6 Å². The summed E-state index contributed by atoms with van der Waals surface area (Å²) >= 11 is 11.7. The second-order valence-corrected chi connectivity index (χ2v) is 13.7. The monoisotopic (exact) mass is 491 g/mol. The zero-order valence-corrected chi connectivity index (χ0v) is 19.6. The minimum atomic E-state index is -4.03. The van der Waals surface area contributed by atoms with Gasteiger partial charge in [0, 0.05) is 15.8 Å². The number of rotatable bonds is 4. The Balaban J connectivity index is 2.10. The van der Waals surface area contributed by atoms with Crippen LogP contribution in [0, 0.1) is 0 Å². The van der Waals surface area contributed by atoms with E-state index in [1.165, 1.54) is 48.5 Å². The van der Waals surface area contributed by atoms with Crippen LogP contribution in [-0.4, -0.2) is 27.2 Å². The minimum Gasteiger partial charge on any atom is -0.222 e. The van der Waals surface area contributed by atoms with Gasteiger partial charge < -0.3 is 0 Å². The minimum absolute atomic E-state index is 0.0130. The van der Waals surface area contributed by atoms with Crippen molar-refractivity contribution in [3.05, 3.63) is 69.7 Å². The molecule has 2 aromatic rings. The van der Waals surface area contributed by atoms with Crippen LogP contribution >= 0.6 is 23.2 Å². The van der Waals surface area contributed by atoms with Crippen molar-refractivity contribution in [2.45, 2.75) is 34.6 Å². The highest BCUT2D eigenvalue weighted by molar-refractivity contribution is 8.10. The molecule has 10 heteroatoms. The lowest BCUT2D eigenvalue weighted by atomic mass is 10.1. The Morgan fingerprint density at radius 3 is 1.83 bits per heavy atom. The lowest BCUT2D eigenvalue weighted by molar-refractivity contribution is 0.591. The fourth-order valence-corrected chi connectivity index (χ4v) is 10.2. The van der Waals surface area contributed by atoms with Gasteiger partial charge in [0.2, 0.25) is 0 Å². The number of nitrogens with zero attached hydrogens (tertiary/aromatic N) is 1. The lowest BCUT2D eigenvalue weighted by Gasteiger charge is -2.27. The summed E-state index contributed by atoms with van der Waals surface area (Å²) in [6, 6.07) is 11.5. The summed E-state index contributed by atoms with van der Waals surface area (Å²) in [6.07, 6.45) is 0.236. The molecule has 2 unspecified atom stereocenters. The van der Waals surface area contributed by atoms with Crippen molar-refractivity contribution in [3.63, 3.8) is 0 Å². The molecule has 0 amide bonds. The zero-order valence-electron chi connectivity index (χ0n) is 15.7. The Bertz CT molecular complexity index is 1200. The van der Waals surface area contributed by atoms with E-state index in [9.17, 15) is 16.8 Å². The molecule has 0 fully saturated rings. The Morgan fingerprint density at radius 2 is 1.31 bits per heavy atom. The van der Waals surface area contributed by atoms with Gasteiger partial charge in [0.25, 0.3) is 10.0 Å². The van der Waals surface area contributed by atoms with Gasteiger partial charge in [0.1, 0.15) is 4.58 Å². The molecule has 0 aromatic heterocycles. The number of hydrogen-bond donors (Lipinski definition) is 0. The van der Waals surface area contributed by atoms with Gasteiger partial charge in [0.05, 0.1) is 9.79 Å². The molecule has 156 valence electrons. The first kappa shape index (κ1) is 22.5. The van der Waals surface area contributed by atoms with Gasteiger partial charge in [0.15, 0.2) is 9.84 Å². The molecule has 2 atom stereocenters. The third-order valence-electron chi connectivity index (χ3n) is 4.66. The van der Waals surface area contributed by atoms with Gasteiger partial charge in [-0.25, -0.2) is 8.42 Å². The summed E-state index contributed by atoms with van der Waals surface area (Å²) in [6.45, 7) is 3.75. The van der Waals surface area contributed by atoms with Gasteiger partial charge in [-0.15, -0.1) is 3.77 Å². The maximum absolute atomic E-state index is 13.3. The summed E-state index contributed by atoms with van der Waals surface area (Å²) in [4.78, 5) is 0.0943. The number of allylic oxidation sites excluding steroid dienone is 1. The third kappa shape index (κ3) is 4.94. The van der Waals surface area contributed by atoms with Crippen molar-refractivity contribution in [1.82, 2.24) is 0 Å². The van der Waals surface area contributed by atoms with E-state index in [2.05, 4.69) is 3.77 Å². The van der Waals surface area contributed by atoms with Crippen LogP contribution in [0.3, 0.4) is 0 Å². The molecular formula is C19H19Cl2NO4S3. The molecule has 0 saturated carbocycles. The Labute approximate surface area is 183 Å². The molecule has 0 N–H and O–H groups in total. The van der Waals surface area contributed by atoms with Crippen LogP contribution in [0.15, 0.2) is 73.2 Å². The van der Waals surface area contributed by atoms with Crippen molar-refractivity contribution in [2.24, 2.45) is 3.77 Å². The quantitative estimate of drug-likeness (QED) is 0.561. The molecule has 1 aliphatic rings. The third-order valence-corrected chi connectivity index (χ3v) is 12.3. The second kappa shape index (κ2) is 8.51. The molecule has 2 aromatic carbocycles. The van der Waals surface area contributed by atoms with E-state index < -0.39 is 35.1 Å². The number of benzene rings is 2. The molecule has 0 spiro atoms. The predicted molar refractivity (Wildman–Crippen MR) is 119 cm³/mol. The standard InChI is InChI=1S/C19H19Cl2NO4S3/c1-13-11-19(28(23,24)17-7-3-15(20)4-8-17)27(12-14(13)2)22-29(25,26)18-9-5-16(21)6-10-18/h3-10,19H,11-12H2,1-2H3. The van der Waals surface area contributed by atoms with Crippen LogP contribution < -0.4 is 0 Å². The largest absolute Gasteiger partial charge is 0.287 e. The predicted octanol–water partition coefficient (Wildman–Crippen LogP) is 5.02. The summed E-state index contributed by atoms with van der Waals surface area (Å²) < 4.78 is 55.4. The first-order valence-electron chi connectivity index (χ1n) is 8.59. The highest BCUT2D eigenvalue weighted by Crippen LogP contribution is 2.33. The van der Waals surface area contributed by atoms with Gasteiger partial charge >= 0.3 is 0 Å². The van der Waals surface area contributed by atoms with Gasteiger partial charge in [-0.05, 0) is 68.8 Å². The number of halogens is 2. The van der Waals surface area contributed by atoms with Crippen LogP contribution in [0.5, 0.6) is 0 Å². The first-order valence-corrected chi connectivity index (χ1v) is 13.7. The second-order valence-electron chi connectivity index (χ2n) is 6.74. The normalized spacial score (nSPS) is 20.8. The Kier molecular flexibility index (Phi) is 6.60. The van der Waals surface area contributed by atoms with E-state index in [0.717, 1.165) is 11.1 Å². The molecule has 0 bridgehead atoms. The van der Waals surface area contributed by atoms with Crippen molar-refractivity contribution in [3.8, 4) is 0 Å². The molecule has 0 aliphatic carbocycles. The fraction of sp³-hybridized carbons (Fsp3) is 0.263. The maximum atomic E-state index is 13.3. The van der Waals surface area contributed by atoms with Crippen molar-refractivity contribution >= 4 is 53.8 Å². The lowest BCUT2D eigenvalue weighted by Crippen LogP contribution is -2.32. The molecule has 29 heavy (non-hydrogen) atoms. The van der Waals surface area contributed by atoms with Crippen molar-refractivity contribution in [1.29, 1.82) is 0 Å². The average Bonchev–Trinajstić information content (AvgIpc) is 2.65. The number of sulfone groups is 1. The van der Waals surface area contributed by atoms with Gasteiger partial charge in [-0.1, -0.05) is 45.0 Å². The molecule has 0 saturated heterocycles. The highest BCUT2D eigenvalue weighted by Gasteiger charge is 2.36. The Hall–Kier alpha value is -1.19. The van der Waals surface area contributed by atoms with E-state index in [0.29, 0.717) is 10.0 Å². The van der Waals surface area contributed by atoms with E-state index in [1.807, 2.05) is 13.8 Å². The summed E-state index contributed by atoms with van der Waals surface area (Å²) in [5.74, 6) is 0.288. The molecule has 0 radical (unpaired) electrons. The first-order chi connectivity index (χ1) is 13.5. The van der Waals surface area contributed by atoms with E-state index in [1.54, 1.807) is 0 Å². The summed E-state index contributed by atoms with van der Waals surface area (Å²) in [7, 11) is -9.09. The molecule has 5 nitrogen and oxygen atoms in total. The fourth-order valence-electron chi connectivity index (χ4n) is 2.84.